The van der Waals surface area contributed by atoms with Crippen LogP contribution in [0.1, 0.15) is 19.8 Å². The molecule has 4 heteroatoms. The third kappa shape index (κ3) is 1.23. The Kier molecular flexibility index (Phi) is 2.44. The molecule has 0 spiro atoms. The van der Waals surface area contributed by atoms with Crippen molar-refractivity contribution >= 4 is 14.4 Å². The molecule has 2 bridgehead atoms. The number of carbonyl (C=O) groups excluding carboxylic acids is 1. The molecule has 0 aromatic heterocycles. The summed E-state index contributed by atoms with van der Waals surface area (Å²) in [4.78, 5) is 11.7. The van der Waals surface area contributed by atoms with Gasteiger partial charge < -0.3 is 4.74 Å². The van der Waals surface area contributed by atoms with Crippen molar-refractivity contribution in [3.63, 3.8) is 0 Å². The van der Waals surface area contributed by atoms with E-state index in [2.05, 4.69) is 6.08 Å². The van der Waals surface area contributed by atoms with Gasteiger partial charge in [-0.15, -0.1) is 0 Å². The highest BCUT2D eigenvalue weighted by Crippen LogP contribution is 2.53. The molecule has 14 heavy (non-hydrogen) atoms. The second-order valence-electron chi connectivity index (χ2n) is 3.93. The zero-order valence-electron chi connectivity index (χ0n) is 8.10. The first-order chi connectivity index (χ1) is 6.73. The molecule has 2 aliphatic rings. The Labute approximate surface area is 84.7 Å². The predicted molar refractivity (Wildman–Crippen MR) is 52.3 cm³/mol. The van der Waals surface area contributed by atoms with Crippen molar-refractivity contribution in [2.75, 3.05) is 6.61 Å². The second-order valence-corrected chi connectivity index (χ2v) is 4.91. The van der Waals surface area contributed by atoms with E-state index in [9.17, 15) is 9.36 Å². The molecule has 0 saturated heterocycles. The molecule has 1 fully saturated rings. The van der Waals surface area contributed by atoms with Crippen molar-refractivity contribution in [1.29, 1.82) is 0 Å². The lowest BCUT2D eigenvalue weighted by Crippen LogP contribution is -2.38. The van der Waals surface area contributed by atoms with Crippen LogP contribution in [-0.2, 0) is 14.1 Å². The summed E-state index contributed by atoms with van der Waals surface area (Å²) in [5.41, 5.74) is 0. The fourth-order valence-corrected chi connectivity index (χ4v) is 3.24. The smallest absolute Gasteiger partial charge is 0.324 e. The molecule has 2 aliphatic carbocycles. The summed E-state index contributed by atoms with van der Waals surface area (Å²) in [6, 6.07) is 0. The molecule has 3 nitrogen and oxygen atoms in total. The first-order valence-corrected chi connectivity index (χ1v) is 5.74. The summed E-state index contributed by atoms with van der Waals surface area (Å²) in [6.45, 7) is 2.13. The van der Waals surface area contributed by atoms with Gasteiger partial charge in [0.1, 0.15) is 0 Å². The molecule has 1 saturated carbocycles. The van der Waals surface area contributed by atoms with Crippen molar-refractivity contribution < 1.29 is 14.1 Å². The van der Waals surface area contributed by atoms with E-state index in [1.54, 1.807) is 6.92 Å². The van der Waals surface area contributed by atoms with E-state index < -0.39 is 5.16 Å². The molecule has 2 rings (SSSR count). The quantitative estimate of drug-likeness (QED) is 0.409. The fourth-order valence-electron chi connectivity index (χ4n) is 2.46. The van der Waals surface area contributed by atoms with Gasteiger partial charge >= 0.3 is 5.97 Å². The minimum atomic E-state index is -0.768. The largest absolute Gasteiger partial charge is 0.465 e. The Balaban J connectivity index is 2.23. The number of rotatable bonds is 3. The lowest BCUT2D eigenvalue weighted by molar-refractivity contribution is -0.147. The number of esters is 1. The Morgan fingerprint density at radius 3 is 2.86 bits per heavy atom. The number of hydrogen-bond acceptors (Lipinski definition) is 3. The van der Waals surface area contributed by atoms with Crippen LogP contribution >= 0.6 is 8.46 Å². The third-order valence-corrected chi connectivity index (χ3v) is 4.17. The van der Waals surface area contributed by atoms with Crippen molar-refractivity contribution in [3.05, 3.63) is 12.2 Å². The SMILES string of the molecule is CCOC(=O)C1(P=O)CC2C=CC1C2. The molecule has 0 radical (unpaired) electrons. The highest BCUT2D eigenvalue weighted by atomic mass is 31.1. The highest BCUT2D eigenvalue weighted by Gasteiger charge is 2.55. The first-order valence-electron chi connectivity index (χ1n) is 4.93. The van der Waals surface area contributed by atoms with Gasteiger partial charge in [-0.05, 0) is 25.7 Å². The summed E-state index contributed by atoms with van der Waals surface area (Å²) in [7, 11) is -0.0856. The molecule has 0 heterocycles. The monoisotopic (exact) mass is 212 g/mol. The number of fused-ring (bicyclic) bond motifs is 2. The van der Waals surface area contributed by atoms with Crippen LogP contribution in [0.4, 0.5) is 0 Å². The van der Waals surface area contributed by atoms with Gasteiger partial charge in [-0.1, -0.05) is 12.2 Å². The minimum absolute atomic E-state index is 0.0856. The van der Waals surface area contributed by atoms with Crippen LogP contribution in [0.25, 0.3) is 0 Å². The zero-order chi connectivity index (χ0) is 10.2. The van der Waals surface area contributed by atoms with E-state index in [0.717, 1.165) is 6.42 Å². The number of ether oxygens (including phenoxy) is 1. The topological polar surface area (TPSA) is 43.4 Å². The van der Waals surface area contributed by atoms with Gasteiger partial charge in [0.05, 0.1) is 6.61 Å². The summed E-state index contributed by atoms with van der Waals surface area (Å²) >= 11 is 0. The summed E-state index contributed by atoms with van der Waals surface area (Å²) in [5, 5.41) is -0.768. The van der Waals surface area contributed by atoms with Gasteiger partial charge in [0, 0.05) is 5.92 Å². The first kappa shape index (κ1) is 9.85. The van der Waals surface area contributed by atoms with Crippen molar-refractivity contribution in [2.45, 2.75) is 24.9 Å². The molecule has 0 amide bonds. The van der Waals surface area contributed by atoms with Crippen LogP contribution in [-0.4, -0.2) is 17.7 Å². The average molecular weight is 212 g/mol. The van der Waals surface area contributed by atoms with E-state index in [4.69, 9.17) is 4.74 Å². The normalized spacial score (nSPS) is 39.2. The van der Waals surface area contributed by atoms with Crippen LogP contribution in [0, 0.1) is 11.8 Å². The van der Waals surface area contributed by atoms with Gasteiger partial charge in [0.2, 0.25) is 0 Å². The van der Waals surface area contributed by atoms with Gasteiger partial charge in [-0.25, -0.2) is 0 Å². The van der Waals surface area contributed by atoms with Gasteiger partial charge in [-0.2, -0.15) is 0 Å². The number of hydrogen-bond donors (Lipinski definition) is 0. The molecular weight excluding hydrogens is 199 g/mol. The summed E-state index contributed by atoms with van der Waals surface area (Å²) in [5.74, 6) is 0.241. The Morgan fingerprint density at radius 1 is 1.64 bits per heavy atom. The van der Waals surface area contributed by atoms with E-state index in [-0.39, 0.29) is 20.3 Å². The van der Waals surface area contributed by atoms with E-state index >= 15 is 0 Å². The highest BCUT2D eigenvalue weighted by molar-refractivity contribution is 7.28. The zero-order valence-corrected chi connectivity index (χ0v) is 9.00. The molecule has 3 unspecified atom stereocenters. The maximum atomic E-state index is 11.7. The average Bonchev–Trinajstić information content (AvgIpc) is 2.77. The minimum Gasteiger partial charge on any atom is -0.465 e. The second kappa shape index (κ2) is 3.47. The number of carbonyl (C=O) groups is 1. The van der Waals surface area contributed by atoms with Crippen LogP contribution < -0.4 is 0 Å². The van der Waals surface area contributed by atoms with E-state index in [1.165, 1.54) is 0 Å². The van der Waals surface area contributed by atoms with Crippen LogP contribution in [0.2, 0.25) is 0 Å². The van der Waals surface area contributed by atoms with E-state index in [1.807, 2.05) is 6.08 Å². The molecular formula is C10H13O3P. The molecule has 0 aliphatic heterocycles. The summed E-state index contributed by atoms with van der Waals surface area (Å²) in [6.07, 6.45) is 5.76. The maximum Gasteiger partial charge on any atom is 0.324 e. The molecule has 76 valence electrons. The Morgan fingerprint density at radius 2 is 2.43 bits per heavy atom. The fraction of sp³-hybridized carbons (Fsp3) is 0.700. The standard InChI is InChI=1S/C10H13O3P/c1-2-13-9(11)10(14-12)6-7-3-4-8(10)5-7/h3-4,7-8H,2,5-6H2,1H3. The van der Waals surface area contributed by atoms with Crippen molar-refractivity contribution in [3.8, 4) is 0 Å². The number of allylic oxidation sites excluding steroid dienone is 2. The van der Waals surface area contributed by atoms with Crippen LogP contribution in [0.15, 0.2) is 12.2 Å². The molecule has 0 aromatic rings. The Bertz CT molecular complexity index is 300. The molecule has 0 aromatic carbocycles. The lowest BCUT2D eigenvalue weighted by Gasteiger charge is -2.25. The van der Waals surface area contributed by atoms with Crippen molar-refractivity contribution in [1.82, 2.24) is 0 Å². The van der Waals surface area contributed by atoms with Crippen LogP contribution in [0.5, 0.6) is 0 Å². The Hall–Kier alpha value is -0.690. The lowest BCUT2D eigenvalue weighted by atomic mass is 9.92. The molecule has 0 N–H and O–H groups in total. The summed E-state index contributed by atoms with van der Waals surface area (Å²) < 4.78 is 16.2. The van der Waals surface area contributed by atoms with Gasteiger partial charge in [0.15, 0.2) is 13.6 Å². The van der Waals surface area contributed by atoms with Crippen molar-refractivity contribution in [2.24, 2.45) is 11.8 Å². The van der Waals surface area contributed by atoms with Crippen LogP contribution in [0.3, 0.4) is 0 Å². The van der Waals surface area contributed by atoms with Gasteiger partial charge in [0.25, 0.3) is 0 Å². The van der Waals surface area contributed by atoms with Gasteiger partial charge in [-0.3, -0.25) is 9.36 Å². The third-order valence-electron chi connectivity index (χ3n) is 3.15. The predicted octanol–water partition coefficient (Wildman–Crippen LogP) is 2.18. The molecule has 3 atom stereocenters. The maximum absolute atomic E-state index is 11.7. The van der Waals surface area contributed by atoms with E-state index in [0.29, 0.717) is 18.9 Å².